The van der Waals surface area contributed by atoms with Crippen LogP contribution in [0.5, 0.6) is 0 Å². The predicted octanol–water partition coefficient (Wildman–Crippen LogP) is 1.45. The van der Waals surface area contributed by atoms with Gasteiger partial charge in [0.15, 0.2) is 0 Å². The second-order valence-corrected chi connectivity index (χ2v) is 6.12. The largest absolute Gasteiger partial charge is 1.00 e. The fourth-order valence-corrected chi connectivity index (χ4v) is 2.50. The maximum absolute atomic E-state index is 2.25. The smallest absolute Gasteiger partial charge is 0.132 e. The van der Waals surface area contributed by atoms with Gasteiger partial charge in [0, 0.05) is 0 Å². The molecule has 0 N–H and O–H groups in total. The highest BCUT2D eigenvalue weighted by molar-refractivity contribution is 5.97. The predicted molar refractivity (Wildman–Crippen MR) is 89.4 cm³/mol. The molecule has 0 radical (unpaired) electrons. The Morgan fingerprint density at radius 1 is 0.810 bits per heavy atom. The Bertz CT molecular complexity index is 688. The van der Waals surface area contributed by atoms with E-state index in [1.165, 1.54) is 28.0 Å². The van der Waals surface area contributed by atoms with Gasteiger partial charge in [-0.25, -0.2) is 0 Å². The molecule has 0 atom stereocenters. The molecule has 0 saturated carbocycles. The van der Waals surface area contributed by atoms with Crippen molar-refractivity contribution in [1.82, 2.24) is 4.48 Å². The van der Waals surface area contributed by atoms with Crippen molar-refractivity contribution in [2.75, 3.05) is 21.1 Å². The Labute approximate surface area is 144 Å². The van der Waals surface area contributed by atoms with Crippen LogP contribution in [0.3, 0.4) is 0 Å². The highest BCUT2D eigenvalue weighted by atomic mass is 127. The van der Waals surface area contributed by atoms with Gasteiger partial charge in [-0.05, 0) is 52.6 Å². The molecule has 0 amide bonds. The Morgan fingerprint density at radius 3 is 2.14 bits per heavy atom. The van der Waals surface area contributed by atoms with Crippen LogP contribution in [0.1, 0.15) is 16.7 Å². The molecule has 0 fully saturated rings. The molecule has 1 aliphatic carbocycles. The first-order chi connectivity index (χ1) is 9.54. The van der Waals surface area contributed by atoms with Crippen molar-refractivity contribution in [2.24, 2.45) is 0 Å². The van der Waals surface area contributed by atoms with Gasteiger partial charge in [0.05, 0.1) is 21.1 Å². The molecule has 0 bridgehead atoms. The Hall–Kier alpha value is -1.39. The molecular formula is C19H20IN. The number of halogens is 1. The molecule has 1 aliphatic rings. The summed E-state index contributed by atoms with van der Waals surface area (Å²) < 4.78 is 0.847. The van der Waals surface area contributed by atoms with E-state index >= 15 is 0 Å². The van der Waals surface area contributed by atoms with Gasteiger partial charge in [-0.2, -0.15) is 0 Å². The number of quaternary nitrogens is 1. The van der Waals surface area contributed by atoms with Gasteiger partial charge >= 0.3 is 0 Å². The minimum Gasteiger partial charge on any atom is -1.00 e. The van der Waals surface area contributed by atoms with Crippen molar-refractivity contribution < 1.29 is 24.0 Å². The summed E-state index contributed by atoms with van der Waals surface area (Å²) >= 11 is 0. The molecule has 0 saturated heterocycles. The third-order valence-electron chi connectivity index (χ3n) is 3.70. The molecule has 0 spiro atoms. The summed E-state index contributed by atoms with van der Waals surface area (Å²) in [5.41, 5.74) is 6.48. The van der Waals surface area contributed by atoms with Gasteiger partial charge in [0.25, 0.3) is 0 Å². The van der Waals surface area contributed by atoms with E-state index in [1.807, 2.05) is 0 Å². The van der Waals surface area contributed by atoms with E-state index < -0.39 is 0 Å². The second-order valence-electron chi connectivity index (χ2n) is 6.12. The summed E-state index contributed by atoms with van der Waals surface area (Å²) in [5, 5.41) is 0. The van der Waals surface area contributed by atoms with Gasteiger partial charge in [-0.1, -0.05) is 36.4 Å². The quantitative estimate of drug-likeness (QED) is 0.539. The molecule has 1 nitrogen and oxygen atoms in total. The maximum Gasteiger partial charge on any atom is 0.132 e. The molecule has 2 aromatic carbocycles. The van der Waals surface area contributed by atoms with Crippen LogP contribution in [0, 0.1) is 0 Å². The van der Waals surface area contributed by atoms with Crippen molar-refractivity contribution in [3.8, 4) is 0 Å². The van der Waals surface area contributed by atoms with E-state index in [9.17, 15) is 0 Å². The number of allylic oxidation sites excluding steroid dienone is 2. The van der Waals surface area contributed by atoms with Crippen LogP contribution in [-0.4, -0.2) is 21.1 Å². The zero-order valence-corrected chi connectivity index (χ0v) is 14.8. The number of hydrogen-bond acceptors (Lipinski definition) is 0. The summed E-state index contributed by atoms with van der Waals surface area (Å²) in [4.78, 5) is 0. The molecule has 0 unspecified atom stereocenters. The van der Waals surface area contributed by atoms with Crippen LogP contribution in [0.4, 0.5) is 5.69 Å². The van der Waals surface area contributed by atoms with Gasteiger partial charge in [-0.15, -0.1) is 0 Å². The molecule has 0 aromatic heterocycles. The average molecular weight is 389 g/mol. The third kappa shape index (κ3) is 3.44. The van der Waals surface area contributed by atoms with Crippen LogP contribution < -0.4 is 28.5 Å². The number of fused-ring (bicyclic) bond motifs is 1. The topological polar surface area (TPSA) is 0 Å². The normalized spacial score (nSPS) is 14.9. The summed E-state index contributed by atoms with van der Waals surface area (Å²) in [7, 11) is 6.55. The number of hydrogen-bond donors (Lipinski definition) is 0. The first kappa shape index (κ1) is 16.0. The van der Waals surface area contributed by atoms with E-state index in [0.717, 1.165) is 4.48 Å². The fourth-order valence-electron chi connectivity index (χ4n) is 2.50. The van der Waals surface area contributed by atoms with E-state index in [-0.39, 0.29) is 24.0 Å². The molecule has 2 heteroatoms. The number of rotatable bonds is 2. The van der Waals surface area contributed by atoms with Crippen molar-refractivity contribution >= 4 is 23.4 Å². The minimum atomic E-state index is 0. The third-order valence-corrected chi connectivity index (χ3v) is 3.70. The molecule has 108 valence electrons. The lowest BCUT2D eigenvalue weighted by Gasteiger charge is -2.23. The second kappa shape index (κ2) is 6.16. The zero-order chi connectivity index (χ0) is 14.2. The van der Waals surface area contributed by atoms with Gasteiger partial charge in [0.1, 0.15) is 5.69 Å². The first-order valence-electron chi connectivity index (χ1n) is 6.95. The van der Waals surface area contributed by atoms with Gasteiger partial charge in [0.2, 0.25) is 0 Å². The highest BCUT2D eigenvalue weighted by Crippen LogP contribution is 2.30. The van der Waals surface area contributed by atoms with Gasteiger partial charge < -0.3 is 24.0 Å². The summed E-state index contributed by atoms with van der Waals surface area (Å²) in [6.45, 7) is 0. The van der Waals surface area contributed by atoms with Crippen LogP contribution in [-0.2, 0) is 0 Å². The lowest BCUT2D eigenvalue weighted by atomic mass is 10.0. The Balaban J connectivity index is 0.00000161. The van der Waals surface area contributed by atoms with Gasteiger partial charge in [-0.3, -0.25) is 4.48 Å². The van der Waals surface area contributed by atoms with Crippen molar-refractivity contribution in [3.05, 3.63) is 71.3 Å². The van der Waals surface area contributed by atoms with E-state index in [0.29, 0.717) is 0 Å². The minimum absolute atomic E-state index is 0. The zero-order valence-electron chi connectivity index (χ0n) is 12.7. The highest BCUT2D eigenvalue weighted by Gasteiger charge is 2.12. The van der Waals surface area contributed by atoms with Crippen molar-refractivity contribution in [1.29, 1.82) is 0 Å². The van der Waals surface area contributed by atoms with Crippen LogP contribution in [0.2, 0.25) is 0 Å². The molecule has 21 heavy (non-hydrogen) atoms. The number of benzene rings is 2. The molecule has 2 aromatic rings. The molecule has 0 heterocycles. The standard InChI is InChI=1S/C19H20N.HI/c1-20(2,3)18-12-8-15(9-13-18)14-17-11-10-16-6-4-5-7-19(16)17;/h4-14H,1-3H3;1H/q+1;/p-1. The van der Waals surface area contributed by atoms with Crippen molar-refractivity contribution in [2.45, 2.75) is 0 Å². The Kier molecular flexibility index (Phi) is 4.69. The molecular weight excluding hydrogens is 369 g/mol. The lowest BCUT2D eigenvalue weighted by molar-refractivity contribution is -0.00000411. The summed E-state index contributed by atoms with van der Waals surface area (Å²) in [5.74, 6) is 0. The average Bonchev–Trinajstić information content (AvgIpc) is 2.82. The van der Waals surface area contributed by atoms with E-state index in [1.54, 1.807) is 0 Å². The van der Waals surface area contributed by atoms with Crippen LogP contribution in [0.25, 0.3) is 17.7 Å². The first-order valence-corrected chi connectivity index (χ1v) is 6.95. The van der Waals surface area contributed by atoms with E-state index in [4.69, 9.17) is 0 Å². The van der Waals surface area contributed by atoms with Crippen LogP contribution in [0.15, 0.2) is 54.6 Å². The van der Waals surface area contributed by atoms with Crippen LogP contribution >= 0.6 is 0 Å². The number of nitrogens with zero attached hydrogens (tertiary/aromatic N) is 1. The SMILES string of the molecule is C[N+](C)(C)c1ccc(C=C2C=Cc3ccccc32)cc1.[I-]. The molecule has 0 aliphatic heterocycles. The molecule has 3 rings (SSSR count). The fraction of sp³-hybridized carbons (Fsp3) is 0.158. The summed E-state index contributed by atoms with van der Waals surface area (Å²) in [6.07, 6.45) is 6.63. The van der Waals surface area contributed by atoms with Crippen molar-refractivity contribution in [3.63, 3.8) is 0 Å². The summed E-state index contributed by atoms with van der Waals surface area (Å²) in [6, 6.07) is 17.3. The Morgan fingerprint density at radius 2 is 1.48 bits per heavy atom. The lowest BCUT2D eigenvalue weighted by Crippen LogP contribution is -3.00. The van der Waals surface area contributed by atoms with E-state index in [2.05, 4.69) is 87.9 Å². The maximum atomic E-state index is 2.25. The monoisotopic (exact) mass is 389 g/mol.